The van der Waals surface area contributed by atoms with E-state index >= 15 is 0 Å². The predicted octanol–water partition coefficient (Wildman–Crippen LogP) is 2.87. The highest BCUT2D eigenvalue weighted by Gasteiger charge is 2.53. The molecule has 0 amide bonds. The molecule has 0 spiro atoms. The van der Waals surface area contributed by atoms with Crippen LogP contribution in [-0.2, 0) is 6.42 Å². The summed E-state index contributed by atoms with van der Waals surface area (Å²) in [6.07, 6.45) is 11.3. The molecule has 1 heterocycles. The molecule has 0 aromatic carbocycles. The van der Waals surface area contributed by atoms with Crippen molar-refractivity contribution in [1.29, 1.82) is 0 Å². The summed E-state index contributed by atoms with van der Waals surface area (Å²) in [4.78, 5) is 4.45. The molecule has 0 aliphatic heterocycles. The molecule has 0 radical (unpaired) electrons. The normalized spacial score (nSPS) is 34.3. The Kier molecular flexibility index (Phi) is 2.68. The molecule has 0 bridgehead atoms. The van der Waals surface area contributed by atoms with Crippen molar-refractivity contribution in [2.24, 2.45) is 11.8 Å². The molecule has 1 aromatic heterocycles. The zero-order valence-corrected chi connectivity index (χ0v) is 10.9. The van der Waals surface area contributed by atoms with Crippen molar-refractivity contribution in [3.05, 3.63) is 17.8 Å². The lowest BCUT2D eigenvalue weighted by atomic mass is 10.0. The molecule has 1 aromatic rings. The monoisotopic (exact) mass is 246 g/mol. The van der Waals surface area contributed by atoms with E-state index in [0.717, 1.165) is 36.7 Å². The molecule has 3 aliphatic rings. The first-order chi connectivity index (χ1) is 8.92. The number of oxazole rings is 1. The molecule has 3 aliphatic carbocycles. The molecule has 3 heteroatoms. The van der Waals surface area contributed by atoms with E-state index in [-0.39, 0.29) is 0 Å². The number of hydrogen-bond acceptors (Lipinski definition) is 3. The van der Waals surface area contributed by atoms with E-state index in [2.05, 4.69) is 10.3 Å². The topological polar surface area (TPSA) is 38.1 Å². The van der Waals surface area contributed by atoms with E-state index < -0.39 is 0 Å². The van der Waals surface area contributed by atoms with E-state index in [9.17, 15) is 0 Å². The van der Waals surface area contributed by atoms with Gasteiger partial charge in [-0.3, -0.25) is 0 Å². The third-order valence-electron chi connectivity index (χ3n) is 4.91. The van der Waals surface area contributed by atoms with Gasteiger partial charge in [-0.05, 0) is 37.5 Å². The minimum atomic E-state index is 0.713. The van der Waals surface area contributed by atoms with Gasteiger partial charge in [0.2, 0.25) is 0 Å². The second-order valence-corrected chi connectivity index (χ2v) is 6.27. The fraction of sp³-hybridized carbons (Fsp3) is 0.800. The second kappa shape index (κ2) is 4.37. The van der Waals surface area contributed by atoms with Crippen molar-refractivity contribution in [3.63, 3.8) is 0 Å². The van der Waals surface area contributed by atoms with Crippen molar-refractivity contribution >= 4 is 0 Å². The van der Waals surface area contributed by atoms with Crippen molar-refractivity contribution in [2.75, 3.05) is 6.54 Å². The third-order valence-corrected chi connectivity index (χ3v) is 4.91. The van der Waals surface area contributed by atoms with Gasteiger partial charge in [0.05, 0.1) is 6.20 Å². The van der Waals surface area contributed by atoms with Crippen LogP contribution in [-0.4, -0.2) is 17.6 Å². The fourth-order valence-electron chi connectivity index (χ4n) is 3.68. The first kappa shape index (κ1) is 11.0. The molecule has 18 heavy (non-hydrogen) atoms. The largest absolute Gasteiger partial charge is 0.445 e. The number of aromatic nitrogens is 1. The van der Waals surface area contributed by atoms with Crippen LogP contribution in [0, 0.1) is 11.8 Å². The second-order valence-electron chi connectivity index (χ2n) is 6.27. The van der Waals surface area contributed by atoms with Crippen LogP contribution in [0.2, 0.25) is 0 Å². The minimum absolute atomic E-state index is 0.713. The Morgan fingerprint density at radius 3 is 2.67 bits per heavy atom. The standard InChI is InChI=1S/C15H22N2O/c1-2-4-12-11(3-1)15(12)13-9-17-14(18-13)7-8-16-10-5-6-10/h9-12,15-16H,1-8H2. The van der Waals surface area contributed by atoms with Gasteiger partial charge in [-0.2, -0.15) is 0 Å². The summed E-state index contributed by atoms with van der Waals surface area (Å²) in [6, 6.07) is 0.783. The summed E-state index contributed by atoms with van der Waals surface area (Å²) < 4.78 is 5.95. The lowest BCUT2D eigenvalue weighted by Gasteiger charge is -2.04. The molecular weight excluding hydrogens is 224 g/mol. The van der Waals surface area contributed by atoms with Crippen molar-refractivity contribution in [1.82, 2.24) is 10.3 Å². The highest BCUT2D eigenvalue weighted by molar-refractivity contribution is 5.18. The maximum Gasteiger partial charge on any atom is 0.195 e. The maximum atomic E-state index is 5.95. The van der Waals surface area contributed by atoms with Crippen LogP contribution in [0.5, 0.6) is 0 Å². The lowest BCUT2D eigenvalue weighted by molar-refractivity contribution is 0.442. The van der Waals surface area contributed by atoms with Crippen LogP contribution < -0.4 is 5.32 Å². The Labute approximate surface area is 108 Å². The third kappa shape index (κ3) is 2.09. The molecule has 2 unspecified atom stereocenters. The lowest BCUT2D eigenvalue weighted by Crippen LogP contribution is -2.19. The van der Waals surface area contributed by atoms with Gasteiger partial charge in [-0.1, -0.05) is 12.8 Å². The van der Waals surface area contributed by atoms with Crippen LogP contribution in [0.4, 0.5) is 0 Å². The SMILES string of the molecule is c1nc(CCNC2CC2)oc1C1C2CCCCC21. The van der Waals surface area contributed by atoms with E-state index in [1.165, 1.54) is 44.3 Å². The summed E-state index contributed by atoms with van der Waals surface area (Å²) in [5.41, 5.74) is 0. The van der Waals surface area contributed by atoms with Crippen LogP contribution in [0.1, 0.15) is 56.1 Å². The first-order valence-electron chi connectivity index (χ1n) is 7.60. The first-order valence-corrected chi connectivity index (χ1v) is 7.60. The summed E-state index contributed by atoms with van der Waals surface area (Å²) in [6.45, 7) is 1.02. The zero-order chi connectivity index (χ0) is 11.9. The Morgan fingerprint density at radius 2 is 1.94 bits per heavy atom. The van der Waals surface area contributed by atoms with Gasteiger partial charge < -0.3 is 9.73 Å². The molecule has 1 N–H and O–H groups in total. The number of hydrogen-bond donors (Lipinski definition) is 1. The molecule has 3 saturated carbocycles. The Morgan fingerprint density at radius 1 is 1.17 bits per heavy atom. The van der Waals surface area contributed by atoms with Gasteiger partial charge in [0.1, 0.15) is 5.76 Å². The van der Waals surface area contributed by atoms with Crippen LogP contribution in [0.25, 0.3) is 0 Å². The number of rotatable bonds is 5. The van der Waals surface area contributed by atoms with Gasteiger partial charge in [0.15, 0.2) is 5.89 Å². The zero-order valence-electron chi connectivity index (χ0n) is 10.9. The average molecular weight is 246 g/mol. The van der Waals surface area contributed by atoms with Gasteiger partial charge >= 0.3 is 0 Å². The highest BCUT2D eigenvalue weighted by atomic mass is 16.4. The quantitative estimate of drug-likeness (QED) is 0.868. The van der Waals surface area contributed by atoms with E-state index in [0.29, 0.717) is 5.92 Å². The van der Waals surface area contributed by atoms with Gasteiger partial charge in [0, 0.05) is 24.9 Å². The molecule has 3 fully saturated rings. The molecule has 3 nitrogen and oxygen atoms in total. The summed E-state index contributed by atoms with van der Waals surface area (Å²) in [5, 5.41) is 3.51. The van der Waals surface area contributed by atoms with E-state index in [1.54, 1.807) is 0 Å². The number of fused-ring (bicyclic) bond motifs is 1. The van der Waals surface area contributed by atoms with Crippen molar-refractivity contribution in [3.8, 4) is 0 Å². The van der Waals surface area contributed by atoms with Crippen LogP contribution in [0.3, 0.4) is 0 Å². The molecule has 98 valence electrons. The highest BCUT2D eigenvalue weighted by Crippen LogP contribution is 2.61. The predicted molar refractivity (Wildman–Crippen MR) is 69.4 cm³/mol. The van der Waals surface area contributed by atoms with E-state index in [4.69, 9.17) is 4.42 Å². The van der Waals surface area contributed by atoms with E-state index in [1.807, 2.05) is 6.20 Å². The molecule has 0 saturated heterocycles. The Hall–Kier alpha value is -0.830. The average Bonchev–Trinajstić information content (AvgIpc) is 3.29. The Bertz CT molecular complexity index is 412. The summed E-state index contributed by atoms with van der Waals surface area (Å²) >= 11 is 0. The molecule has 2 atom stereocenters. The molecule has 4 rings (SSSR count). The van der Waals surface area contributed by atoms with Crippen LogP contribution in [0.15, 0.2) is 10.6 Å². The minimum Gasteiger partial charge on any atom is -0.445 e. The number of nitrogens with one attached hydrogen (secondary N) is 1. The summed E-state index contributed by atoms with van der Waals surface area (Å²) in [7, 11) is 0. The smallest absolute Gasteiger partial charge is 0.195 e. The van der Waals surface area contributed by atoms with Crippen LogP contribution >= 0.6 is 0 Å². The van der Waals surface area contributed by atoms with Crippen molar-refractivity contribution < 1.29 is 4.42 Å². The molecular formula is C15H22N2O. The van der Waals surface area contributed by atoms with Gasteiger partial charge in [0.25, 0.3) is 0 Å². The maximum absolute atomic E-state index is 5.95. The van der Waals surface area contributed by atoms with Crippen molar-refractivity contribution in [2.45, 2.75) is 56.9 Å². The van der Waals surface area contributed by atoms with Gasteiger partial charge in [-0.25, -0.2) is 4.98 Å². The fourth-order valence-corrected chi connectivity index (χ4v) is 3.68. The number of nitrogens with zero attached hydrogens (tertiary/aromatic N) is 1. The van der Waals surface area contributed by atoms with Gasteiger partial charge in [-0.15, -0.1) is 0 Å². The summed E-state index contributed by atoms with van der Waals surface area (Å²) in [5.74, 6) is 4.66. The Balaban J connectivity index is 1.33.